The van der Waals surface area contributed by atoms with Crippen molar-refractivity contribution in [3.05, 3.63) is 41.5 Å². The monoisotopic (exact) mass is 366 g/mol. The highest BCUT2D eigenvalue weighted by atomic mass is 16.3. The van der Waals surface area contributed by atoms with Crippen LogP contribution in [0.2, 0.25) is 0 Å². The molecule has 2 aliphatic carbocycles. The van der Waals surface area contributed by atoms with Crippen molar-refractivity contribution in [2.45, 2.75) is 50.0 Å². The summed E-state index contributed by atoms with van der Waals surface area (Å²) < 4.78 is 0. The zero-order valence-electron chi connectivity index (χ0n) is 15.3. The van der Waals surface area contributed by atoms with Crippen LogP contribution < -0.4 is 10.6 Å². The molecule has 5 heteroatoms. The van der Waals surface area contributed by atoms with Crippen molar-refractivity contribution in [2.24, 2.45) is 5.92 Å². The zero-order chi connectivity index (χ0) is 18.6. The molecular formula is C22H26N2O3. The van der Waals surface area contributed by atoms with E-state index < -0.39 is 0 Å². The Kier molecular flexibility index (Phi) is 3.76. The van der Waals surface area contributed by atoms with Crippen LogP contribution in [0.1, 0.15) is 43.2 Å². The summed E-state index contributed by atoms with van der Waals surface area (Å²) in [5.74, 6) is 0.856. The highest BCUT2D eigenvalue weighted by Crippen LogP contribution is 2.55. The van der Waals surface area contributed by atoms with E-state index in [1.165, 1.54) is 48.9 Å². The van der Waals surface area contributed by atoms with E-state index in [0.717, 1.165) is 19.4 Å². The van der Waals surface area contributed by atoms with Crippen LogP contribution in [-0.4, -0.2) is 27.9 Å². The summed E-state index contributed by atoms with van der Waals surface area (Å²) in [6.45, 7) is 1.06. The first-order valence-electron chi connectivity index (χ1n) is 9.95. The topological polar surface area (TPSA) is 84.8 Å². The van der Waals surface area contributed by atoms with Gasteiger partial charge in [-0.25, -0.2) is 0 Å². The summed E-state index contributed by atoms with van der Waals surface area (Å²) in [7, 11) is 0. The Bertz CT molecular complexity index is 893. The Labute approximate surface area is 159 Å². The van der Waals surface area contributed by atoms with Crippen LogP contribution in [0.25, 0.3) is 0 Å². The first-order chi connectivity index (χ1) is 13.1. The van der Waals surface area contributed by atoms with Crippen LogP contribution in [0.3, 0.4) is 0 Å². The van der Waals surface area contributed by atoms with Gasteiger partial charge in [0.2, 0.25) is 0 Å². The molecule has 3 atom stereocenters. The molecule has 0 spiro atoms. The number of piperidine rings is 1. The van der Waals surface area contributed by atoms with Crippen molar-refractivity contribution in [1.82, 2.24) is 5.32 Å². The molecule has 2 fully saturated rings. The molecule has 1 saturated heterocycles. The van der Waals surface area contributed by atoms with Gasteiger partial charge in [-0.15, -0.1) is 0 Å². The number of fused-ring (bicyclic) bond motifs is 1. The number of phenolic OH excluding ortho intramolecular Hbond substituents is 3. The standard InChI is InChI=1S/C22H26N2O3/c25-14-4-5-17(20(26)11-14)24-19-10-13-9-18-15-3-1-2-6-22(15,7-8-23-18)16(13)12-21(19)27/h4-5,10-12,15,18,23-27H,1-3,6-9H2/t15-,18+,22+/m0/s1. The van der Waals surface area contributed by atoms with E-state index in [2.05, 4.69) is 10.6 Å². The fraction of sp³-hybridized carbons (Fsp3) is 0.455. The molecule has 5 nitrogen and oxygen atoms in total. The van der Waals surface area contributed by atoms with Crippen LogP contribution in [0.5, 0.6) is 17.2 Å². The molecule has 0 aromatic heterocycles. The summed E-state index contributed by atoms with van der Waals surface area (Å²) >= 11 is 0. The van der Waals surface area contributed by atoms with Gasteiger partial charge in [-0.2, -0.15) is 0 Å². The summed E-state index contributed by atoms with van der Waals surface area (Å²) in [5.41, 5.74) is 3.90. The lowest BCUT2D eigenvalue weighted by molar-refractivity contribution is 0.0796. The number of hydrogen-bond donors (Lipinski definition) is 5. The molecule has 1 heterocycles. The molecule has 142 valence electrons. The molecule has 5 rings (SSSR count). The smallest absolute Gasteiger partial charge is 0.142 e. The quantitative estimate of drug-likeness (QED) is 0.411. The molecule has 1 saturated carbocycles. The van der Waals surface area contributed by atoms with E-state index in [1.54, 1.807) is 6.07 Å². The molecule has 0 radical (unpaired) electrons. The normalized spacial score (nSPS) is 28.9. The first kappa shape index (κ1) is 16.8. The average Bonchev–Trinajstić information content (AvgIpc) is 2.65. The van der Waals surface area contributed by atoms with Crippen molar-refractivity contribution < 1.29 is 15.3 Å². The number of benzene rings is 2. The molecule has 3 aliphatic rings. The zero-order valence-corrected chi connectivity index (χ0v) is 15.3. The Hall–Kier alpha value is -2.40. The number of hydrogen-bond acceptors (Lipinski definition) is 5. The largest absolute Gasteiger partial charge is 0.508 e. The van der Waals surface area contributed by atoms with Gasteiger partial charge in [0.05, 0.1) is 11.4 Å². The van der Waals surface area contributed by atoms with Gasteiger partial charge in [-0.05, 0) is 73.5 Å². The summed E-state index contributed by atoms with van der Waals surface area (Å²) in [6, 6.07) is 8.94. The molecule has 2 aromatic rings. The van der Waals surface area contributed by atoms with Crippen LogP contribution in [0, 0.1) is 5.92 Å². The maximum absolute atomic E-state index is 10.7. The van der Waals surface area contributed by atoms with E-state index in [1.807, 2.05) is 12.1 Å². The van der Waals surface area contributed by atoms with Crippen molar-refractivity contribution in [3.63, 3.8) is 0 Å². The molecule has 1 aliphatic heterocycles. The predicted octanol–water partition coefficient (Wildman–Crippen LogP) is 3.89. The minimum Gasteiger partial charge on any atom is -0.508 e. The number of rotatable bonds is 2. The Morgan fingerprint density at radius 1 is 0.963 bits per heavy atom. The molecular weight excluding hydrogens is 340 g/mol. The first-order valence-corrected chi connectivity index (χ1v) is 9.95. The predicted molar refractivity (Wildman–Crippen MR) is 105 cm³/mol. The summed E-state index contributed by atoms with van der Waals surface area (Å²) in [5, 5.41) is 37.1. The fourth-order valence-electron chi connectivity index (χ4n) is 5.84. The van der Waals surface area contributed by atoms with Crippen molar-refractivity contribution in [3.8, 4) is 17.2 Å². The van der Waals surface area contributed by atoms with E-state index in [-0.39, 0.29) is 22.7 Å². The molecule has 0 unspecified atom stereocenters. The van der Waals surface area contributed by atoms with E-state index in [0.29, 0.717) is 23.3 Å². The van der Waals surface area contributed by atoms with E-state index in [4.69, 9.17) is 0 Å². The summed E-state index contributed by atoms with van der Waals surface area (Å²) in [6.07, 6.45) is 7.20. The third kappa shape index (κ3) is 2.56. The number of anilines is 2. The highest BCUT2D eigenvalue weighted by molar-refractivity contribution is 5.72. The summed E-state index contributed by atoms with van der Waals surface area (Å²) in [4.78, 5) is 0. The second-order valence-corrected chi connectivity index (χ2v) is 8.38. The highest BCUT2D eigenvalue weighted by Gasteiger charge is 2.51. The van der Waals surface area contributed by atoms with Crippen molar-refractivity contribution in [1.29, 1.82) is 0 Å². The minimum absolute atomic E-state index is 0.00838. The number of phenols is 3. The van der Waals surface area contributed by atoms with Gasteiger partial charge in [-0.1, -0.05) is 12.8 Å². The van der Waals surface area contributed by atoms with E-state index in [9.17, 15) is 15.3 Å². The fourth-order valence-corrected chi connectivity index (χ4v) is 5.84. The van der Waals surface area contributed by atoms with Gasteiger partial charge < -0.3 is 26.0 Å². The lowest BCUT2D eigenvalue weighted by Crippen LogP contribution is -2.59. The Balaban J connectivity index is 1.56. The van der Waals surface area contributed by atoms with E-state index >= 15 is 0 Å². The maximum Gasteiger partial charge on any atom is 0.142 e. The van der Waals surface area contributed by atoms with Crippen LogP contribution in [0.4, 0.5) is 11.4 Å². The third-order valence-corrected chi connectivity index (χ3v) is 7.01. The van der Waals surface area contributed by atoms with Gasteiger partial charge in [0.1, 0.15) is 17.2 Å². The average molecular weight is 366 g/mol. The molecule has 2 aromatic carbocycles. The molecule has 2 bridgehead atoms. The van der Waals surface area contributed by atoms with Gasteiger partial charge in [0.25, 0.3) is 0 Å². The number of nitrogens with one attached hydrogen (secondary N) is 2. The lowest BCUT2D eigenvalue weighted by atomic mass is 9.53. The number of aromatic hydroxyl groups is 3. The Morgan fingerprint density at radius 3 is 2.67 bits per heavy atom. The van der Waals surface area contributed by atoms with Crippen molar-refractivity contribution >= 4 is 11.4 Å². The lowest BCUT2D eigenvalue weighted by Gasteiger charge is -2.56. The molecule has 27 heavy (non-hydrogen) atoms. The van der Waals surface area contributed by atoms with Gasteiger partial charge in [0.15, 0.2) is 0 Å². The second kappa shape index (κ2) is 6.06. The third-order valence-electron chi connectivity index (χ3n) is 7.01. The minimum atomic E-state index is -0.0448. The van der Waals surface area contributed by atoms with Crippen LogP contribution in [-0.2, 0) is 11.8 Å². The van der Waals surface area contributed by atoms with Crippen molar-refractivity contribution in [2.75, 3.05) is 11.9 Å². The van der Waals surface area contributed by atoms with Gasteiger partial charge >= 0.3 is 0 Å². The second-order valence-electron chi connectivity index (χ2n) is 8.38. The SMILES string of the molecule is Oc1ccc(Nc2cc3c(cc2O)[C@@]24CCCC[C@H]2[C@@H](C3)NCC4)c(O)c1. The van der Waals surface area contributed by atoms with Gasteiger partial charge in [0, 0.05) is 17.5 Å². The van der Waals surface area contributed by atoms with Gasteiger partial charge in [-0.3, -0.25) is 0 Å². The molecule has 5 N–H and O–H groups in total. The van der Waals surface area contributed by atoms with Crippen LogP contribution in [0.15, 0.2) is 30.3 Å². The van der Waals surface area contributed by atoms with Crippen LogP contribution >= 0.6 is 0 Å². The molecule has 0 amide bonds. The Morgan fingerprint density at radius 2 is 1.81 bits per heavy atom. The maximum atomic E-state index is 10.7.